The number of benzene rings is 1. The summed E-state index contributed by atoms with van der Waals surface area (Å²) < 4.78 is 0. The van der Waals surface area contributed by atoms with Gasteiger partial charge in [-0.25, -0.2) is 0 Å². The van der Waals surface area contributed by atoms with Crippen LogP contribution in [0.4, 0.5) is 0 Å². The van der Waals surface area contributed by atoms with Gasteiger partial charge in [-0.1, -0.05) is 35.5 Å². The molecule has 1 aliphatic heterocycles. The van der Waals surface area contributed by atoms with Crippen LogP contribution in [0.1, 0.15) is 18.9 Å². The molecule has 0 aliphatic carbocycles. The molecule has 1 saturated heterocycles. The molecule has 0 saturated carbocycles. The van der Waals surface area contributed by atoms with Crippen molar-refractivity contribution < 1.29 is 9.63 Å². The first-order valence-electron chi connectivity index (χ1n) is 6.89. The molecule has 20 heavy (non-hydrogen) atoms. The summed E-state index contributed by atoms with van der Waals surface area (Å²) in [6, 6.07) is 10.1. The van der Waals surface area contributed by atoms with E-state index in [-0.39, 0.29) is 11.9 Å². The molecule has 0 radical (unpaired) electrons. The van der Waals surface area contributed by atoms with E-state index in [2.05, 4.69) is 22.3 Å². The van der Waals surface area contributed by atoms with Crippen LogP contribution in [0.15, 0.2) is 35.5 Å². The minimum atomic E-state index is 0.102. The van der Waals surface area contributed by atoms with Crippen molar-refractivity contribution in [2.24, 2.45) is 5.16 Å². The lowest BCUT2D eigenvalue weighted by molar-refractivity contribution is -0.120. The Balaban J connectivity index is 2.17. The maximum atomic E-state index is 11.4. The zero-order valence-electron chi connectivity index (χ0n) is 12.0. The maximum absolute atomic E-state index is 11.4. The van der Waals surface area contributed by atoms with Crippen molar-refractivity contribution in [2.45, 2.75) is 19.4 Å². The van der Waals surface area contributed by atoms with Crippen molar-refractivity contribution in [1.29, 1.82) is 0 Å². The Morgan fingerprint density at radius 3 is 2.80 bits per heavy atom. The normalized spacial score (nSPS) is 19.1. The molecule has 1 aromatic carbocycles. The summed E-state index contributed by atoms with van der Waals surface area (Å²) in [5.74, 6) is 0.115. The molecule has 0 aromatic heterocycles. The highest BCUT2D eigenvalue weighted by molar-refractivity contribution is 6.03. The lowest BCUT2D eigenvalue weighted by atomic mass is 10.0. The number of rotatable bonds is 4. The molecule has 108 valence electrons. The fourth-order valence-electron chi connectivity index (χ4n) is 2.42. The van der Waals surface area contributed by atoms with Crippen molar-refractivity contribution in [3.63, 3.8) is 0 Å². The molecule has 2 rings (SSSR count). The topological polar surface area (TPSA) is 53.9 Å². The molecule has 1 amide bonds. The van der Waals surface area contributed by atoms with Gasteiger partial charge in [-0.2, -0.15) is 0 Å². The van der Waals surface area contributed by atoms with E-state index in [0.29, 0.717) is 13.0 Å². The van der Waals surface area contributed by atoms with E-state index in [1.54, 1.807) is 7.11 Å². The number of carbonyl (C=O) groups is 1. The summed E-state index contributed by atoms with van der Waals surface area (Å²) >= 11 is 0. The van der Waals surface area contributed by atoms with E-state index in [0.717, 1.165) is 24.4 Å². The van der Waals surface area contributed by atoms with Crippen LogP contribution in [-0.4, -0.2) is 49.3 Å². The average Bonchev–Trinajstić information content (AvgIpc) is 2.70. The predicted octanol–water partition coefficient (Wildman–Crippen LogP) is 1.25. The molecular weight excluding hydrogens is 254 g/mol. The Morgan fingerprint density at radius 2 is 2.10 bits per heavy atom. The van der Waals surface area contributed by atoms with E-state index in [4.69, 9.17) is 4.84 Å². The van der Waals surface area contributed by atoms with Gasteiger partial charge < -0.3 is 10.2 Å². The fraction of sp³-hybridized carbons (Fsp3) is 0.467. The number of hydrogen-bond donors (Lipinski definition) is 1. The van der Waals surface area contributed by atoms with Gasteiger partial charge in [0.1, 0.15) is 12.8 Å². The highest BCUT2D eigenvalue weighted by Crippen LogP contribution is 2.12. The van der Waals surface area contributed by atoms with Gasteiger partial charge in [-0.05, 0) is 6.92 Å². The molecule has 1 atom stereocenters. The van der Waals surface area contributed by atoms with Gasteiger partial charge in [0.15, 0.2) is 0 Å². The Hall–Kier alpha value is -1.88. The van der Waals surface area contributed by atoms with Gasteiger partial charge in [0.05, 0.1) is 6.04 Å². The lowest BCUT2D eigenvalue weighted by Gasteiger charge is -2.27. The van der Waals surface area contributed by atoms with E-state index >= 15 is 0 Å². The molecule has 5 heteroatoms. The molecule has 1 aliphatic rings. The summed E-state index contributed by atoms with van der Waals surface area (Å²) in [5.41, 5.74) is 1.94. The second-order valence-corrected chi connectivity index (χ2v) is 4.84. The highest BCUT2D eigenvalue weighted by Gasteiger charge is 2.23. The first-order chi connectivity index (χ1) is 9.72. The summed E-state index contributed by atoms with van der Waals surface area (Å²) in [6.07, 6.45) is 0.527. The third-order valence-electron chi connectivity index (χ3n) is 3.55. The summed E-state index contributed by atoms with van der Waals surface area (Å²) in [4.78, 5) is 18.7. The third kappa shape index (κ3) is 3.57. The summed E-state index contributed by atoms with van der Waals surface area (Å²) in [5, 5.41) is 7.08. The van der Waals surface area contributed by atoms with Gasteiger partial charge in [0, 0.05) is 31.6 Å². The molecule has 1 N–H and O–H groups in total. The number of carbonyl (C=O) groups excluding carboxylic acids is 1. The average molecular weight is 275 g/mol. The van der Waals surface area contributed by atoms with Crippen LogP contribution < -0.4 is 5.32 Å². The molecule has 1 unspecified atom stereocenters. The number of nitrogens with one attached hydrogen (secondary N) is 1. The number of oxime groups is 1. The van der Waals surface area contributed by atoms with E-state index in [9.17, 15) is 4.79 Å². The SMILES string of the molecule is CON=C(c1ccccc1)C(C)N1CCNC(=O)CC1. The van der Waals surface area contributed by atoms with Crippen LogP contribution >= 0.6 is 0 Å². The maximum Gasteiger partial charge on any atom is 0.221 e. The van der Waals surface area contributed by atoms with Gasteiger partial charge in [0.2, 0.25) is 5.91 Å². The zero-order valence-corrected chi connectivity index (χ0v) is 12.0. The quantitative estimate of drug-likeness (QED) is 0.664. The number of nitrogens with zero attached hydrogens (tertiary/aromatic N) is 2. The minimum absolute atomic E-state index is 0.102. The molecule has 5 nitrogen and oxygen atoms in total. The van der Waals surface area contributed by atoms with Crippen LogP contribution in [0, 0.1) is 0 Å². The minimum Gasteiger partial charge on any atom is -0.399 e. The van der Waals surface area contributed by atoms with Crippen LogP contribution in [0.5, 0.6) is 0 Å². The molecule has 1 heterocycles. The monoisotopic (exact) mass is 275 g/mol. The van der Waals surface area contributed by atoms with Crippen molar-refractivity contribution in [1.82, 2.24) is 10.2 Å². The fourth-order valence-corrected chi connectivity index (χ4v) is 2.42. The van der Waals surface area contributed by atoms with Crippen LogP contribution in [0.2, 0.25) is 0 Å². The van der Waals surface area contributed by atoms with E-state index < -0.39 is 0 Å². The van der Waals surface area contributed by atoms with Gasteiger partial charge in [0.25, 0.3) is 0 Å². The molecule has 0 bridgehead atoms. The van der Waals surface area contributed by atoms with Crippen LogP contribution in [0.3, 0.4) is 0 Å². The lowest BCUT2D eigenvalue weighted by Crippen LogP contribution is -2.41. The van der Waals surface area contributed by atoms with Crippen LogP contribution in [-0.2, 0) is 9.63 Å². The second-order valence-electron chi connectivity index (χ2n) is 4.84. The van der Waals surface area contributed by atoms with Crippen molar-refractivity contribution >= 4 is 11.6 Å². The van der Waals surface area contributed by atoms with Crippen molar-refractivity contribution in [2.75, 3.05) is 26.7 Å². The summed E-state index contributed by atoms with van der Waals surface area (Å²) in [6.45, 7) is 4.34. The summed E-state index contributed by atoms with van der Waals surface area (Å²) in [7, 11) is 1.56. The Bertz CT molecular complexity index is 473. The zero-order chi connectivity index (χ0) is 14.4. The van der Waals surface area contributed by atoms with Gasteiger partial charge >= 0.3 is 0 Å². The van der Waals surface area contributed by atoms with Crippen molar-refractivity contribution in [3.8, 4) is 0 Å². The molecule has 0 spiro atoms. The van der Waals surface area contributed by atoms with Gasteiger partial charge in [-0.3, -0.25) is 9.69 Å². The number of amides is 1. The van der Waals surface area contributed by atoms with Crippen molar-refractivity contribution in [3.05, 3.63) is 35.9 Å². The third-order valence-corrected chi connectivity index (χ3v) is 3.55. The first kappa shape index (κ1) is 14.5. The standard InChI is InChI=1S/C15H21N3O2/c1-12(18-10-8-14(19)16-9-11-18)15(17-20-2)13-6-4-3-5-7-13/h3-7,12H,8-11H2,1-2H3,(H,16,19). The first-order valence-corrected chi connectivity index (χ1v) is 6.89. The predicted molar refractivity (Wildman–Crippen MR) is 78.6 cm³/mol. The largest absolute Gasteiger partial charge is 0.399 e. The van der Waals surface area contributed by atoms with E-state index in [1.165, 1.54) is 0 Å². The number of hydrogen-bond acceptors (Lipinski definition) is 4. The van der Waals surface area contributed by atoms with Crippen LogP contribution in [0.25, 0.3) is 0 Å². The highest BCUT2D eigenvalue weighted by atomic mass is 16.6. The Morgan fingerprint density at radius 1 is 1.35 bits per heavy atom. The molecular formula is C15H21N3O2. The second kappa shape index (κ2) is 7.05. The molecule has 1 fully saturated rings. The Kier molecular flexibility index (Phi) is 5.12. The van der Waals surface area contributed by atoms with Gasteiger partial charge in [-0.15, -0.1) is 0 Å². The smallest absolute Gasteiger partial charge is 0.221 e. The Labute approximate surface area is 119 Å². The van der Waals surface area contributed by atoms with E-state index in [1.807, 2.05) is 30.3 Å². The molecule has 1 aromatic rings.